The van der Waals surface area contributed by atoms with Gasteiger partial charge in [0.25, 0.3) is 5.91 Å². The molecule has 0 radical (unpaired) electrons. The first kappa shape index (κ1) is 16.5. The van der Waals surface area contributed by atoms with Crippen LogP contribution in [0.1, 0.15) is 19.5 Å². The Morgan fingerprint density at radius 2 is 1.83 bits per heavy atom. The minimum atomic E-state index is -0.355. The number of aromatic nitrogens is 1. The number of carbonyl (C=O) groups excluding carboxylic acids is 1. The number of rotatable bonds is 7. The molecule has 2 aromatic rings. The zero-order valence-corrected chi connectivity index (χ0v) is 13.2. The molecule has 0 fully saturated rings. The molecular weight excluding hydrogens is 294 g/mol. The van der Waals surface area contributed by atoms with Gasteiger partial charge in [0.1, 0.15) is 0 Å². The molecular formula is C17H19N3O3. The molecule has 0 aliphatic rings. The average molecular weight is 313 g/mol. The second-order valence-electron chi connectivity index (χ2n) is 4.62. The lowest BCUT2D eigenvalue weighted by Gasteiger charge is -2.10. The molecule has 0 aliphatic carbocycles. The van der Waals surface area contributed by atoms with Gasteiger partial charge >= 0.3 is 0 Å². The summed E-state index contributed by atoms with van der Waals surface area (Å²) in [5, 5.41) is 4.01. The Kier molecular flexibility index (Phi) is 6.11. The molecule has 1 aromatic carbocycles. The first-order valence-corrected chi connectivity index (χ1v) is 7.30. The van der Waals surface area contributed by atoms with Crippen LogP contribution in [-0.2, 0) is 4.79 Å². The van der Waals surface area contributed by atoms with Crippen molar-refractivity contribution in [2.24, 2.45) is 5.10 Å². The molecule has 1 N–H and O–H groups in total. The first-order valence-electron chi connectivity index (χ1n) is 7.30. The van der Waals surface area contributed by atoms with Crippen LogP contribution in [0, 0.1) is 0 Å². The van der Waals surface area contributed by atoms with Crippen molar-refractivity contribution in [2.75, 3.05) is 13.2 Å². The normalized spacial score (nSPS) is 11.0. The van der Waals surface area contributed by atoms with Crippen LogP contribution in [0.4, 0.5) is 0 Å². The lowest BCUT2D eigenvalue weighted by Crippen LogP contribution is -2.25. The summed E-state index contributed by atoms with van der Waals surface area (Å²) in [6, 6.07) is 12.7. The van der Waals surface area contributed by atoms with Crippen molar-refractivity contribution in [3.63, 3.8) is 0 Å². The Hall–Kier alpha value is -2.89. The van der Waals surface area contributed by atoms with Gasteiger partial charge in [-0.05, 0) is 38.1 Å². The number of amides is 1. The molecule has 1 amide bonds. The number of hydrogen-bond donors (Lipinski definition) is 1. The molecule has 1 heterocycles. The van der Waals surface area contributed by atoms with E-state index < -0.39 is 0 Å². The minimum absolute atomic E-state index is 0.150. The molecule has 0 saturated heterocycles. The van der Waals surface area contributed by atoms with Crippen LogP contribution in [0.3, 0.4) is 0 Å². The Bertz CT molecular complexity index is 672. The molecule has 0 spiro atoms. The van der Waals surface area contributed by atoms with Gasteiger partial charge < -0.3 is 9.47 Å². The first-order chi connectivity index (χ1) is 11.2. The number of nitrogens with one attached hydrogen (secondary N) is 1. The van der Waals surface area contributed by atoms with Crippen LogP contribution in [-0.4, -0.2) is 29.8 Å². The van der Waals surface area contributed by atoms with Gasteiger partial charge in [0.15, 0.2) is 18.1 Å². The van der Waals surface area contributed by atoms with E-state index in [2.05, 4.69) is 15.5 Å². The van der Waals surface area contributed by atoms with E-state index in [0.29, 0.717) is 29.5 Å². The monoisotopic (exact) mass is 313 g/mol. The molecule has 0 unspecified atom stereocenters. The zero-order chi connectivity index (χ0) is 16.5. The molecule has 0 saturated carbocycles. The standard InChI is InChI=1S/C17H19N3O3/c1-3-22-15-9-4-5-10-16(15)23-12-17(21)20-19-13(2)14-8-6-7-11-18-14/h4-11H,3,12H2,1-2H3,(H,20,21). The number of para-hydroxylation sites is 2. The third-order valence-electron chi connectivity index (χ3n) is 2.89. The molecule has 1 aromatic heterocycles. The average Bonchev–Trinajstić information content (AvgIpc) is 2.60. The maximum Gasteiger partial charge on any atom is 0.277 e. The van der Waals surface area contributed by atoms with Gasteiger partial charge in [-0.1, -0.05) is 18.2 Å². The third-order valence-corrected chi connectivity index (χ3v) is 2.89. The lowest BCUT2D eigenvalue weighted by molar-refractivity contribution is -0.123. The van der Waals surface area contributed by atoms with Crippen LogP contribution in [0.5, 0.6) is 11.5 Å². The fourth-order valence-corrected chi connectivity index (χ4v) is 1.80. The minimum Gasteiger partial charge on any atom is -0.490 e. The Morgan fingerprint density at radius 3 is 2.48 bits per heavy atom. The second-order valence-corrected chi connectivity index (χ2v) is 4.62. The van der Waals surface area contributed by atoms with E-state index in [0.717, 1.165) is 0 Å². The molecule has 23 heavy (non-hydrogen) atoms. The van der Waals surface area contributed by atoms with Gasteiger partial charge in [-0.3, -0.25) is 9.78 Å². The summed E-state index contributed by atoms with van der Waals surface area (Å²) in [6.07, 6.45) is 1.67. The van der Waals surface area contributed by atoms with Crippen LogP contribution in [0.15, 0.2) is 53.8 Å². The SMILES string of the molecule is CCOc1ccccc1OCC(=O)NN=C(C)c1ccccn1. The molecule has 0 bridgehead atoms. The maximum atomic E-state index is 11.8. The van der Waals surface area contributed by atoms with Crippen LogP contribution in [0.25, 0.3) is 0 Å². The summed E-state index contributed by atoms with van der Waals surface area (Å²) in [7, 11) is 0. The van der Waals surface area contributed by atoms with Gasteiger partial charge in [0.2, 0.25) is 0 Å². The highest BCUT2D eigenvalue weighted by Gasteiger charge is 2.07. The summed E-state index contributed by atoms with van der Waals surface area (Å²) >= 11 is 0. The van der Waals surface area contributed by atoms with Crippen molar-refractivity contribution >= 4 is 11.6 Å². The van der Waals surface area contributed by atoms with Gasteiger partial charge in [0.05, 0.1) is 18.0 Å². The second kappa shape index (κ2) is 8.53. The number of nitrogens with zero attached hydrogens (tertiary/aromatic N) is 2. The highest BCUT2D eigenvalue weighted by molar-refractivity contribution is 5.97. The summed E-state index contributed by atoms with van der Waals surface area (Å²) in [4.78, 5) is 16.0. The lowest BCUT2D eigenvalue weighted by atomic mass is 10.3. The summed E-state index contributed by atoms with van der Waals surface area (Å²) in [6.45, 7) is 4.04. The number of ether oxygens (including phenoxy) is 2. The van der Waals surface area contributed by atoms with Gasteiger partial charge in [0, 0.05) is 6.20 Å². The van der Waals surface area contributed by atoms with Crippen molar-refractivity contribution in [1.29, 1.82) is 0 Å². The van der Waals surface area contributed by atoms with Gasteiger partial charge in [-0.15, -0.1) is 0 Å². The molecule has 0 atom stereocenters. The van der Waals surface area contributed by atoms with Crippen molar-refractivity contribution in [1.82, 2.24) is 10.4 Å². The molecule has 0 aliphatic heterocycles. The Balaban J connectivity index is 1.88. The quantitative estimate of drug-likeness (QED) is 0.629. The van der Waals surface area contributed by atoms with E-state index >= 15 is 0 Å². The van der Waals surface area contributed by atoms with E-state index in [1.54, 1.807) is 25.3 Å². The smallest absolute Gasteiger partial charge is 0.277 e. The number of benzene rings is 1. The molecule has 120 valence electrons. The Labute approximate surface area is 135 Å². The predicted molar refractivity (Wildman–Crippen MR) is 87.7 cm³/mol. The predicted octanol–water partition coefficient (Wildman–Crippen LogP) is 2.40. The highest BCUT2D eigenvalue weighted by atomic mass is 16.5. The topological polar surface area (TPSA) is 72.8 Å². The van der Waals surface area contributed by atoms with Crippen molar-refractivity contribution in [2.45, 2.75) is 13.8 Å². The van der Waals surface area contributed by atoms with Gasteiger partial charge in [-0.2, -0.15) is 5.10 Å². The number of hydrazone groups is 1. The van der Waals surface area contributed by atoms with E-state index in [-0.39, 0.29) is 12.5 Å². The fraction of sp³-hybridized carbons (Fsp3) is 0.235. The number of carbonyl (C=O) groups is 1. The molecule has 6 heteroatoms. The maximum absolute atomic E-state index is 11.8. The third kappa shape index (κ3) is 5.10. The molecule has 2 rings (SSSR count). The van der Waals surface area contributed by atoms with E-state index in [9.17, 15) is 4.79 Å². The Morgan fingerprint density at radius 1 is 1.13 bits per heavy atom. The summed E-state index contributed by atoms with van der Waals surface area (Å²) in [5.41, 5.74) is 3.77. The van der Waals surface area contributed by atoms with Crippen molar-refractivity contribution in [3.05, 3.63) is 54.4 Å². The number of hydrogen-bond acceptors (Lipinski definition) is 5. The summed E-state index contributed by atoms with van der Waals surface area (Å²) < 4.78 is 10.9. The van der Waals surface area contributed by atoms with E-state index in [4.69, 9.17) is 9.47 Å². The van der Waals surface area contributed by atoms with E-state index in [1.165, 1.54) is 0 Å². The van der Waals surface area contributed by atoms with Gasteiger partial charge in [-0.25, -0.2) is 5.43 Å². The highest BCUT2D eigenvalue weighted by Crippen LogP contribution is 2.26. The zero-order valence-electron chi connectivity index (χ0n) is 13.2. The van der Waals surface area contributed by atoms with E-state index in [1.807, 2.05) is 37.3 Å². The molecule has 6 nitrogen and oxygen atoms in total. The van der Waals surface area contributed by atoms with Crippen LogP contribution in [0.2, 0.25) is 0 Å². The number of pyridine rings is 1. The van der Waals surface area contributed by atoms with Crippen molar-refractivity contribution < 1.29 is 14.3 Å². The largest absolute Gasteiger partial charge is 0.490 e. The van der Waals surface area contributed by atoms with Crippen LogP contribution < -0.4 is 14.9 Å². The van der Waals surface area contributed by atoms with Crippen LogP contribution >= 0.6 is 0 Å². The van der Waals surface area contributed by atoms with Crippen molar-refractivity contribution in [3.8, 4) is 11.5 Å². The summed E-state index contributed by atoms with van der Waals surface area (Å²) in [5.74, 6) is 0.775. The fourth-order valence-electron chi connectivity index (χ4n) is 1.80.